The number of nitrogens with one attached hydrogen (secondary N) is 1. The number of carbonyl (C=O) groups excluding carboxylic acids is 2. The first-order chi connectivity index (χ1) is 9.58. The first kappa shape index (κ1) is 15.0. The lowest BCUT2D eigenvalue weighted by Gasteiger charge is -2.22. The van der Waals surface area contributed by atoms with E-state index in [0.29, 0.717) is 18.9 Å². The summed E-state index contributed by atoms with van der Waals surface area (Å²) in [5, 5.41) is 2.77. The first-order valence-corrected chi connectivity index (χ1v) is 7.67. The molecule has 4 nitrogen and oxygen atoms in total. The molecule has 0 saturated carbocycles. The predicted octanol–water partition coefficient (Wildman–Crippen LogP) is 3.27. The van der Waals surface area contributed by atoms with E-state index in [4.69, 9.17) is 0 Å². The summed E-state index contributed by atoms with van der Waals surface area (Å²) in [6, 6.07) is 7.98. The summed E-state index contributed by atoms with van der Waals surface area (Å²) in [5.41, 5.74) is 1.26. The summed E-state index contributed by atoms with van der Waals surface area (Å²) >= 11 is 3.44. The van der Waals surface area contributed by atoms with Gasteiger partial charge in [-0.1, -0.05) is 28.1 Å². The molecule has 1 aliphatic rings. The summed E-state index contributed by atoms with van der Waals surface area (Å²) < 4.78 is 1.06. The average Bonchev–Trinajstić information content (AvgIpc) is 2.45. The van der Waals surface area contributed by atoms with E-state index >= 15 is 0 Å². The van der Waals surface area contributed by atoms with Crippen molar-refractivity contribution in [2.24, 2.45) is 0 Å². The van der Waals surface area contributed by atoms with Gasteiger partial charge in [0, 0.05) is 24.5 Å². The summed E-state index contributed by atoms with van der Waals surface area (Å²) in [5.74, 6) is 0.252. The van der Waals surface area contributed by atoms with Crippen LogP contribution in [0, 0.1) is 0 Å². The topological polar surface area (TPSA) is 49.4 Å². The molecule has 0 bridgehead atoms. The van der Waals surface area contributed by atoms with Gasteiger partial charge in [0.2, 0.25) is 5.91 Å². The van der Waals surface area contributed by atoms with E-state index in [1.807, 2.05) is 12.1 Å². The number of benzene rings is 1. The van der Waals surface area contributed by atoms with Crippen molar-refractivity contribution in [2.75, 3.05) is 13.6 Å². The predicted molar refractivity (Wildman–Crippen MR) is 81.5 cm³/mol. The van der Waals surface area contributed by atoms with Crippen LogP contribution < -0.4 is 5.32 Å². The molecule has 1 aliphatic heterocycles. The van der Waals surface area contributed by atoms with E-state index in [0.717, 1.165) is 23.7 Å². The molecule has 0 unspecified atom stereocenters. The molecule has 0 aliphatic carbocycles. The van der Waals surface area contributed by atoms with Crippen molar-refractivity contribution in [3.63, 3.8) is 0 Å². The molecule has 0 spiro atoms. The lowest BCUT2D eigenvalue weighted by Crippen LogP contribution is -2.42. The number of carbonyl (C=O) groups is 2. The van der Waals surface area contributed by atoms with Gasteiger partial charge in [-0.2, -0.15) is 0 Å². The highest BCUT2D eigenvalue weighted by molar-refractivity contribution is 9.10. The summed E-state index contributed by atoms with van der Waals surface area (Å²) in [4.78, 5) is 24.7. The fourth-order valence-electron chi connectivity index (χ4n) is 2.45. The van der Waals surface area contributed by atoms with Gasteiger partial charge in [0.25, 0.3) is 0 Å². The van der Waals surface area contributed by atoms with Crippen molar-refractivity contribution < 1.29 is 9.59 Å². The highest BCUT2D eigenvalue weighted by atomic mass is 79.9. The highest BCUT2D eigenvalue weighted by Crippen LogP contribution is 2.28. The van der Waals surface area contributed by atoms with Gasteiger partial charge < -0.3 is 5.32 Å². The lowest BCUT2D eigenvalue weighted by molar-refractivity contribution is -0.127. The van der Waals surface area contributed by atoms with Crippen LogP contribution >= 0.6 is 15.9 Å². The number of amides is 3. The third-order valence-corrected chi connectivity index (χ3v) is 4.26. The zero-order chi connectivity index (χ0) is 14.5. The average molecular weight is 339 g/mol. The third kappa shape index (κ3) is 3.82. The molecule has 0 aromatic heterocycles. The van der Waals surface area contributed by atoms with Crippen LogP contribution in [0.3, 0.4) is 0 Å². The number of rotatable bonds is 1. The Labute approximate surface area is 127 Å². The van der Waals surface area contributed by atoms with E-state index < -0.39 is 0 Å². The van der Waals surface area contributed by atoms with E-state index in [-0.39, 0.29) is 11.9 Å². The molecule has 108 valence electrons. The third-order valence-electron chi connectivity index (χ3n) is 3.73. The highest BCUT2D eigenvalue weighted by Gasteiger charge is 2.21. The maximum Gasteiger partial charge on any atom is 0.323 e. The molecule has 20 heavy (non-hydrogen) atoms. The first-order valence-electron chi connectivity index (χ1n) is 6.88. The Morgan fingerprint density at radius 2 is 1.90 bits per heavy atom. The molecule has 1 aromatic carbocycles. The van der Waals surface area contributed by atoms with Crippen molar-refractivity contribution in [3.8, 4) is 0 Å². The number of urea groups is 1. The van der Waals surface area contributed by atoms with Crippen molar-refractivity contribution in [3.05, 3.63) is 34.3 Å². The fraction of sp³-hybridized carbons (Fsp3) is 0.467. The van der Waals surface area contributed by atoms with Crippen LogP contribution in [0.15, 0.2) is 28.7 Å². The Kier molecular flexibility index (Phi) is 5.17. The number of halogens is 1. The molecule has 1 fully saturated rings. The van der Waals surface area contributed by atoms with Crippen molar-refractivity contribution in [2.45, 2.75) is 31.6 Å². The van der Waals surface area contributed by atoms with Crippen molar-refractivity contribution in [1.29, 1.82) is 0 Å². The van der Waals surface area contributed by atoms with Gasteiger partial charge in [0.15, 0.2) is 0 Å². The van der Waals surface area contributed by atoms with Crippen LogP contribution in [-0.4, -0.2) is 30.4 Å². The number of hydrogen-bond donors (Lipinski definition) is 1. The van der Waals surface area contributed by atoms with Crippen molar-refractivity contribution in [1.82, 2.24) is 10.2 Å². The molecule has 1 heterocycles. The molecule has 1 saturated heterocycles. The SMILES string of the molecule is CN1C(=O)CC[C@@H](c2ccc(Br)cc2)CCCNC1=O. The molecule has 1 atom stereocenters. The maximum atomic E-state index is 11.9. The molecular formula is C15H19BrN2O2. The quantitative estimate of drug-likeness (QED) is 0.854. The van der Waals surface area contributed by atoms with Gasteiger partial charge in [-0.05, 0) is 42.9 Å². The van der Waals surface area contributed by atoms with Crippen LogP contribution in [-0.2, 0) is 4.79 Å². The van der Waals surface area contributed by atoms with Crippen LogP contribution in [0.2, 0.25) is 0 Å². The van der Waals surface area contributed by atoms with Crippen LogP contribution in [0.25, 0.3) is 0 Å². The number of imide groups is 1. The Hall–Kier alpha value is -1.36. The summed E-state index contributed by atoms with van der Waals surface area (Å²) in [6.45, 7) is 0.615. The van der Waals surface area contributed by atoms with E-state index in [2.05, 4.69) is 33.4 Å². The minimum absolute atomic E-state index is 0.119. The van der Waals surface area contributed by atoms with Gasteiger partial charge in [0.05, 0.1) is 0 Å². The number of hydrogen-bond acceptors (Lipinski definition) is 2. The van der Waals surface area contributed by atoms with Gasteiger partial charge in [-0.15, -0.1) is 0 Å². The second-order valence-corrected chi connectivity index (χ2v) is 6.03. The standard InChI is InChI=1S/C15H19BrN2O2/c1-18-14(19)9-6-11(3-2-10-17-15(18)20)12-4-7-13(16)8-5-12/h4-5,7-8,11H,2-3,6,9-10H2,1H3,(H,17,20)/t11-/m0/s1. The molecule has 5 heteroatoms. The smallest absolute Gasteiger partial charge is 0.323 e. The maximum absolute atomic E-state index is 11.9. The molecule has 1 N–H and O–H groups in total. The second kappa shape index (κ2) is 6.88. The van der Waals surface area contributed by atoms with Gasteiger partial charge >= 0.3 is 6.03 Å². The minimum Gasteiger partial charge on any atom is -0.338 e. The Bertz CT molecular complexity index is 487. The monoisotopic (exact) mass is 338 g/mol. The Morgan fingerprint density at radius 1 is 1.20 bits per heavy atom. The molecule has 3 amide bonds. The van der Waals surface area contributed by atoms with Crippen LogP contribution in [0.1, 0.15) is 37.2 Å². The van der Waals surface area contributed by atoms with Gasteiger partial charge in [-0.3, -0.25) is 9.69 Å². The number of nitrogens with zero attached hydrogens (tertiary/aromatic N) is 1. The second-order valence-electron chi connectivity index (χ2n) is 5.11. The summed E-state index contributed by atoms with van der Waals surface area (Å²) in [6.07, 6.45) is 3.11. The minimum atomic E-state index is -0.294. The molecule has 2 rings (SSSR count). The lowest BCUT2D eigenvalue weighted by atomic mass is 9.89. The Balaban J connectivity index is 2.08. The molecular weight excluding hydrogens is 320 g/mol. The van der Waals surface area contributed by atoms with E-state index in [9.17, 15) is 9.59 Å². The Morgan fingerprint density at radius 3 is 2.60 bits per heavy atom. The van der Waals surface area contributed by atoms with Crippen LogP contribution in [0.4, 0.5) is 4.79 Å². The zero-order valence-electron chi connectivity index (χ0n) is 11.6. The van der Waals surface area contributed by atoms with Gasteiger partial charge in [0.1, 0.15) is 0 Å². The van der Waals surface area contributed by atoms with Gasteiger partial charge in [-0.25, -0.2) is 4.79 Å². The van der Waals surface area contributed by atoms with E-state index in [1.165, 1.54) is 17.5 Å². The summed E-state index contributed by atoms with van der Waals surface area (Å²) in [7, 11) is 1.54. The molecule has 0 radical (unpaired) electrons. The van der Waals surface area contributed by atoms with E-state index in [1.54, 1.807) is 0 Å². The normalized spacial score (nSPS) is 21.5. The fourth-order valence-corrected chi connectivity index (χ4v) is 2.72. The zero-order valence-corrected chi connectivity index (χ0v) is 13.1. The molecule has 1 aromatic rings. The van der Waals surface area contributed by atoms with Crippen molar-refractivity contribution >= 4 is 27.9 Å². The van der Waals surface area contributed by atoms with Crippen LogP contribution in [0.5, 0.6) is 0 Å². The largest absolute Gasteiger partial charge is 0.338 e.